The Bertz CT molecular complexity index is 744. The van der Waals surface area contributed by atoms with Crippen molar-refractivity contribution >= 4 is 11.3 Å². The van der Waals surface area contributed by atoms with Crippen molar-refractivity contribution in [3.05, 3.63) is 59.6 Å². The molecular formula is C17H17N3OS. The lowest BCUT2D eigenvalue weighted by Gasteiger charge is -2.10. The van der Waals surface area contributed by atoms with E-state index in [9.17, 15) is 0 Å². The lowest BCUT2D eigenvalue weighted by Crippen LogP contribution is -2.09. The van der Waals surface area contributed by atoms with Gasteiger partial charge >= 0.3 is 0 Å². The van der Waals surface area contributed by atoms with E-state index < -0.39 is 0 Å². The molecule has 3 heterocycles. The summed E-state index contributed by atoms with van der Waals surface area (Å²) in [5, 5.41) is 1.07. The lowest BCUT2D eigenvalue weighted by atomic mass is 10.1. The van der Waals surface area contributed by atoms with Gasteiger partial charge in [0.2, 0.25) is 0 Å². The Morgan fingerprint density at radius 1 is 1.23 bits per heavy atom. The first kappa shape index (κ1) is 13.7. The van der Waals surface area contributed by atoms with Gasteiger partial charge < -0.3 is 9.30 Å². The van der Waals surface area contributed by atoms with Crippen molar-refractivity contribution in [1.82, 2.24) is 14.5 Å². The van der Waals surface area contributed by atoms with Gasteiger partial charge in [0.05, 0.1) is 13.2 Å². The average Bonchev–Trinajstić information content (AvgIpc) is 3.30. The predicted molar refractivity (Wildman–Crippen MR) is 87.1 cm³/mol. The van der Waals surface area contributed by atoms with Gasteiger partial charge in [-0.1, -0.05) is 30.3 Å². The smallest absolute Gasteiger partial charge is 0.123 e. The second-order valence-corrected chi connectivity index (χ2v) is 6.59. The zero-order valence-corrected chi connectivity index (χ0v) is 13.0. The Hall–Kier alpha value is -1.98. The molecule has 1 saturated heterocycles. The molecule has 1 fully saturated rings. The van der Waals surface area contributed by atoms with Crippen LogP contribution in [0.15, 0.2) is 48.9 Å². The zero-order chi connectivity index (χ0) is 14.8. The first-order valence-corrected chi connectivity index (χ1v) is 8.31. The first-order valence-electron chi connectivity index (χ1n) is 7.49. The van der Waals surface area contributed by atoms with Gasteiger partial charge in [0, 0.05) is 41.6 Å². The van der Waals surface area contributed by atoms with Crippen LogP contribution in [-0.2, 0) is 11.3 Å². The van der Waals surface area contributed by atoms with E-state index in [4.69, 9.17) is 4.74 Å². The summed E-state index contributed by atoms with van der Waals surface area (Å²) in [5.41, 5.74) is 1.17. The summed E-state index contributed by atoms with van der Waals surface area (Å²) in [6.45, 7) is 2.46. The molecule has 0 saturated carbocycles. The highest BCUT2D eigenvalue weighted by atomic mass is 32.1. The highest BCUT2D eigenvalue weighted by Gasteiger charge is 2.22. The molecule has 2 aromatic heterocycles. The molecule has 0 aliphatic carbocycles. The number of aromatic nitrogens is 3. The Labute approximate surface area is 133 Å². The summed E-state index contributed by atoms with van der Waals surface area (Å²) >= 11 is 1.74. The molecule has 4 rings (SSSR count). The third kappa shape index (κ3) is 2.69. The highest BCUT2D eigenvalue weighted by Crippen LogP contribution is 2.28. The second-order valence-electron chi connectivity index (χ2n) is 5.47. The van der Waals surface area contributed by atoms with Crippen molar-refractivity contribution in [1.29, 1.82) is 0 Å². The van der Waals surface area contributed by atoms with Crippen LogP contribution in [0.3, 0.4) is 0 Å². The van der Waals surface area contributed by atoms with E-state index in [-0.39, 0.29) is 0 Å². The van der Waals surface area contributed by atoms with Crippen LogP contribution >= 0.6 is 11.3 Å². The number of imidazole rings is 1. The molecule has 0 radical (unpaired) electrons. The van der Waals surface area contributed by atoms with Gasteiger partial charge in [0.25, 0.3) is 0 Å². The molecule has 1 aromatic carbocycles. The molecule has 0 amide bonds. The molecule has 5 heteroatoms. The molecule has 1 unspecified atom stereocenters. The third-order valence-electron chi connectivity index (χ3n) is 3.94. The Balaban J connectivity index is 1.55. The standard InChI is InChI=1S/C17H17N3OS/c1-2-4-13(5-3-1)17-19-10-15(22-17)11-20-8-7-18-16(20)14-6-9-21-12-14/h1-5,7-8,10,14H,6,9,11-12H2. The largest absolute Gasteiger partial charge is 0.381 e. The number of hydrogen-bond donors (Lipinski definition) is 0. The minimum atomic E-state index is 0.427. The van der Waals surface area contributed by atoms with E-state index in [0.29, 0.717) is 5.92 Å². The second kappa shape index (κ2) is 6.02. The van der Waals surface area contributed by atoms with Gasteiger partial charge in [-0.3, -0.25) is 0 Å². The summed E-state index contributed by atoms with van der Waals surface area (Å²) in [4.78, 5) is 10.3. The lowest BCUT2D eigenvalue weighted by molar-refractivity contribution is 0.192. The third-order valence-corrected chi connectivity index (χ3v) is 4.97. The quantitative estimate of drug-likeness (QED) is 0.739. The number of benzene rings is 1. The van der Waals surface area contributed by atoms with Crippen LogP contribution in [0, 0.1) is 0 Å². The van der Waals surface area contributed by atoms with Gasteiger partial charge in [-0.15, -0.1) is 11.3 Å². The van der Waals surface area contributed by atoms with Gasteiger partial charge in [0.1, 0.15) is 10.8 Å². The molecule has 112 valence electrons. The summed E-state index contributed by atoms with van der Waals surface area (Å²) in [6.07, 6.45) is 6.97. The van der Waals surface area contributed by atoms with Crippen LogP contribution in [0.2, 0.25) is 0 Å². The fraction of sp³-hybridized carbons (Fsp3) is 0.294. The molecule has 22 heavy (non-hydrogen) atoms. The molecule has 0 spiro atoms. The van der Waals surface area contributed by atoms with Crippen molar-refractivity contribution in [2.75, 3.05) is 13.2 Å². The van der Waals surface area contributed by atoms with Crippen LogP contribution in [0.5, 0.6) is 0 Å². The van der Waals surface area contributed by atoms with E-state index in [1.807, 2.05) is 30.6 Å². The van der Waals surface area contributed by atoms with Crippen molar-refractivity contribution in [2.45, 2.75) is 18.9 Å². The maximum absolute atomic E-state index is 5.48. The van der Waals surface area contributed by atoms with Crippen molar-refractivity contribution in [3.8, 4) is 10.6 Å². The van der Waals surface area contributed by atoms with Crippen LogP contribution < -0.4 is 0 Å². The Kier molecular flexibility index (Phi) is 3.74. The molecule has 4 nitrogen and oxygen atoms in total. The predicted octanol–water partition coefficient (Wildman–Crippen LogP) is 3.56. The van der Waals surface area contributed by atoms with E-state index in [0.717, 1.165) is 37.0 Å². The van der Waals surface area contributed by atoms with Crippen molar-refractivity contribution in [3.63, 3.8) is 0 Å². The topological polar surface area (TPSA) is 39.9 Å². The van der Waals surface area contributed by atoms with Crippen molar-refractivity contribution < 1.29 is 4.74 Å². The number of ether oxygens (including phenoxy) is 1. The summed E-state index contributed by atoms with van der Waals surface area (Å²) in [5.74, 6) is 1.56. The Morgan fingerprint density at radius 3 is 2.95 bits per heavy atom. The van der Waals surface area contributed by atoms with E-state index in [1.54, 1.807) is 11.3 Å². The number of rotatable bonds is 4. The fourth-order valence-corrected chi connectivity index (χ4v) is 3.73. The number of thiazole rings is 1. The molecule has 3 aromatic rings. The Morgan fingerprint density at radius 2 is 2.14 bits per heavy atom. The van der Waals surface area contributed by atoms with Gasteiger partial charge in [0.15, 0.2) is 0 Å². The average molecular weight is 311 g/mol. The molecule has 1 aliphatic rings. The maximum Gasteiger partial charge on any atom is 0.123 e. The summed E-state index contributed by atoms with van der Waals surface area (Å²) in [7, 11) is 0. The normalized spacial score (nSPS) is 17.9. The number of nitrogens with zero attached hydrogens (tertiary/aromatic N) is 3. The summed E-state index contributed by atoms with van der Waals surface area (Å²) in [6, 6.07) is 10.3. The molecule has 0 N–H and O–H groups in total. The maximum atomic E-state index is 5.48. The molecule has 1 aliphatic heterocycles. The van der Waals surface area contributed by atoms with Crippen LogP contribution in [0.25, 0.3) is 10.6 Å². The summed E-state index contributed by atoms with van der Waals surface area (Å²) < 4.78 is 7.71. The van der Waals surface area contributed by atoms with Crippen LogP contribution in [0.1, 0.15) is 23.0 Å². The monoisotopic (exact) mass is 311 g/mol. The minimum absolute atomic E-state index is 0.427. The van der Waals surface area contributed by atoms with Crippen LogP contribution in [0.4, 0.5) is 0 Å². The minimum Gasteiger partial charge on any atom is -0.381 e. The van der Waals surface area contributed by atoms with Gasteiger partial charge in [-0.2, -0.15) is 0 Å². The van der Waals surface area contributed by atoms with E-state index in [2.05, 4.69) is 32.9 Å². The number of hydrogen-bond acceptors (Lipinski definition) is 4. The molecule has 0 bridgehead atoms. The van der Waals surface area contributed by atoms with Gasteiger partial charge in [-0.05, 0) is 6.42 Å². The molecule has 1 atom stereocenters. The fourth-order valence-electron chi connectivity index (χ4n) is 2.82. The SMILES string of the molecule is c1ccc(-c2ncc(Cn3ccnc3C3CCOC3)s2)cc1. The molecular weight excluding hydrogens is 294 g/mol. The highest BCUT2D eigenvalue weighted by molar-refractivity contribution is 7.15. The van der Waals surface area contributed by atoms with Gasteiger partial charge in [-0.25, -0.2) is 9.97 Å². The van der Waals surface area contributed by atoms with E-state index >= 15 is 0 Å². The zero-order valence-electron chi connectivity index (χ0n) is 12.2. The van der Waals surface area contributed by atoms with E-state index in [1.165, 1.54) is 10.4 Å². The van der Waals surface area contributed by atoms with Crippen LogP contribution in [-0.4, -0.2) is 27.7 Å². The first-order chi connectivity index (χ1) is 10.9. The van der Waals surface area contributed by atoms with Crippen molar-refractivity contribution in [2.24, 2.45) is 0 Å².